The van der Waals surface area contributed by atoms with E-state index in [1.54, 1.807) is 0 Å². The molecule has 0 radical (unpaired) electrons. The fourth-order valence-electron chi connectivity index (χ4n) is 2.43. The summed E-state index contributed by atoms with van der Waals surface area (Å²) in [5.74, 6) is 0. The molecule has 30 heavy (non-hydrogen) atoms. The number of aromatic amines is 1. The van der Waals surface area contributed by atoms with E-state index in [4.69, 9.17) is 14.5 Å². The summed E-state index contributed by atoms with van der Waals surface area (Å²) in [6, 6.07) is 0. The highest BCUT2D eigenvalue weighted by molar-refractivity contribution is 7.66. The first-order valence-electron chi connectivity index (χ1n) is 7.64. The third kappa shape index (κ3) is 6.24. The molecule has 17 nitrogen and oxygen atoms in total. The molecule has 1 aliphatic rings. The Bertz CT molecular complexity index is 1040. The second-order valence-electron chi connectivity index (χ2n) is 5.88. The van der Waals surface area contributed by atoms with Crippen molar-refractivity contribution in [1.82, 2.24) is 9.55 Å². The number of nitrogens with zero attached hydrogens (tertiary/aromatic N) is 1. The predicted octanol–water partition coefficient (Wildman–Crippen LogP) is -2.19. The molecule has 0 amide bonds. The van der Waals surface area contributed by atoms with E-state index in [9.17, 15) is 43.3 Å². The molecular weight excluding hydrogens is 481 g/mol. The van der Waals surface area contributed by atoms with Crippen LogP contribution in [0.15, 0.2) is 15.8 Å². The maximum Gasteiger partial charge on any atom is 0.490 e. The number of ether oxygens (including phenoxy) is 1. The molecule has 0 bridgehead atoms. The van der Waals surface area contributed by atoms with Crippen molar-refractivity contribution in [2.24, 2.45) is 0 Å². The quantitative estimate of drug-likeness (QED) is 0.188. The number of aryl methyl sites for hydroxylation is 1. The van der Waals surface area contributed by atoms with Gasteiger partial charge < -0.3 is 34.5 Å². The van der Waals surface area contributed by atoms with Gasteiger partial charge in [-0.3, -0.25) is 18.9 Å². The summed E-state index contributed by atoms with van der Waals surface area (Å²) < 4.78 is 51.7. The highest BCUT2D eigenvalue weighted by atomic mass is 31.3. The van der Waals surface area contributed by atoms with Crippen LogP contribution in [-0.2, 0) is 31.6 Å². The molecule has 7 N–H and O–H groups in total. The normalized spacial score (nSPS) is 28.8. The fourth-order valence-corrected chi connectivity index (χ4v) is 5.63. The standard InChI is InChI=1S/C10H17N2O15P3/c1-4-2-12(10(16)11-8(4)15)9-7(6(14)5(3-13)24-9)25-29(20,21)27-30(22,23)26-28(17,18)19/h2,5-7,9,13-14H,3H2,1H3,(H,20,21)(H,22,23)(H,11,15,16)(H2,17,18,19)/t5-,6-,7-,9?/m1/s1. The monoisotopic (exact) mass is 498 g/mol. The highest BCUT2D eigenvalue weighted by Crippen LogP contribution is 2.67. The van der Waals surface area contributed by atoms with Gasteiger partial charge in [0, 0.05) is 11.8 Å². The average Bonchev–Trinajstić information content (AvgIpc) is 2.83. The summed E-state index contributed by atoms with van der Waals surface area (Å²) in [7, 11) is -17.2. The van der Waals surface area contributed by atoms with Gasteiger partial charge in [-0.2, -0.15) is 8.62 Å². The average molecular weight is 498 g/mol. The van der Waals surface area contributed by atoms with Crippen LogP contribution in [0.1, 0.15) is 11.8 Å². The lowest BCUT2D eigenvalue weighted by molar-refractivity contribution is -0.0544. The Hall–Kier alpha value is -1.03. The van der Waals surface area contributed by atoms with E-state index in [0.29, 0.717) is 4.57 Å². The Kier molecular flexibility index (Phi) is 7.44. The molecule has 2 heterocycles. The van der Waals surface area contributed by atoms with Crippen molar-refractivity contribution in [1.29, 1.82) is 0 Å². The van der Waals surface area contributed by atoms with Crippen LogP contribution in [0.4, 0.5) is 0 Å². The number of hydrogen-bond acceptors (Lipinski definition) is 11. The van der Waals surface area contributed by atoms with Gasteiger partial charge in [-0.25, -0.2) is 18.5 Å². The van der Waals surface area contributed by atoms with Crippen LogP contribution in [0.2, 0.25) is 0 Å². The van der Waals surface area contributed by atoms with Gasteiger partial charge in [0.1, 0.15) is 18.3 Å². The zero-order chi connectivity index (χ0) is 23.1. The first-order chi connectivity index (χ1) is 13.6. The molecular formula is C10H17N2O15P3. The molecule has 0 aromatic carbocycles. The second kappa shape index (κ2) is 8.84. The van der Waals surface area contributed by atoms with E-state index < -0.39 is 65.9 Å². The largest absolute Gasteiger partial charge is 0.490 e. The summed E-state index contributed by atoms with van der Waals surface area (Å²) in [6.45, 7) is 0.437. The molecule has 1 aromatic heterocycles. The Morgan fingerprint density at radius 1 is 1.13 bits per heavy atom. The maximum absolute atomic E-state index is 12.1. The summed E-state index contributed by atoms with van der Waals surface area (Å²) in [5, 5.41) is 19.4. The molecule has 1 saturated heterocycles. The first kappa shape index (κ1) is 25.2. The van der Waals surface area contributed by atoms with Gasteiger partial charge >= 0.3 is 29.2 Å². The second-order valence-corrected chi connectivity index (χ2v) is 10.3. The summed E-state index contributed by atoms with van der Waals surface area (Å²) in [6.07, 6.45) is -6.16. The Labute approximate surface area is 165 Å². The number of aliphatic hydroxyl groups excluding tert-OH is 2. The third-order valence-electron chi connectivity index (χ3n) is 3.58. The molecule has 0 spiro atoms. The molecule has 0 aliphatic carbocycles. The topological polar surface area (TPSA) is 264 Å². The molecule has 1 fully saturated rings. The van der Waals surface area contributed by atoms with Crippen LogP contribution in [0, 0.1) is 6.92 Å². The summed E-state index contributed by atoms with van der Waals surface area (Å²) >= 11 is 0. The lowest BCUT2D eigenvalue weighted by Gasteiger charge is -2.24. The number of nitrogens with one attached hydrogen (secondary N) is 1. The minimum Gasteiger partial charge on any atom is -0.394 e. The number of aliphatic hydroxyl groups is 2. The number of aromatic nitrogens is 2. The molecule has 0 saturated carbocycles. The van der Waals surface area contributed by atoms with Gasteiger partial charge in [0.15, 0.2) is 6.23 Å². The van der Waals surface area contributed by atoms with Crippen LogP contribution < -0.4 is 11.2 Å². The van der Waals surface area contributed by atoms with Crippen LogP contribution in [0.3, 0.4) is 0 Å². The van der Waals surface area contributed by atoms with Crippen LogP contribution in [0.5, 0.6) is 0 Å². The van der Waals surface area contributed by atoms with Gasteiger partial charge in [-0.05, 0) is 6.92 Å². The van der Waals surface area contributed by atoms with Gasteiger partial charge in [-0.1, -0.05) is 0 Å². The van der Waals surface area contributed by atoms with Crippen LogP contribution in [-0.4, -0.2) is 64.3 Å². The van der Waals surface area contributed by atoms with Crippen molar-refractivity contribution < 1.29 is 61.4 Å². The van der Waals surface area contributed by atoms with Crippen molar-refractivity contribution in [3.05, 3.63) is 32.6 Å². The van der Waals surface area contributed by atoms with Crippen molar-refractivity contribution >= 4 is 23.5 Å². The molecule has 1 aromatic rings. The van der Waals surface area contributed by atoms with Gasteiger partial charge in [0.25, 0.3) is 5.56 Å². The molecule has 3 unspecified atom stereocenters. The molecule has 6 atom stereocenters. The lowest BCUT2D eigenvalue weighted by Crippen LogP contribution is -2.39. The van der Waals surface area contributed by atoms with E-state index in [0.717, 1.165) is 6.20 Å². The molecule has 1 aliphatic heterocycles. The third-order valence-corrected chi connectivity index (χ3v) is 7.42. The number of rotatable bonds is 8. The maximum atomic E-state index is 12.1. The van der Waals surface area contributed by atoms with E-state index in [1.807, 2.05) is 4.98 Å². The highest BCUT2D eigenvalue weighted by Gasteiger charge is 2.51. The van der Waals surface area contributed by atoms with Gasteiger partial charge in [0.05, 0.1) is 6.61 Å². The predicted molar refractivity (Wildman–Crippen MR) is 91.8 cm³/mol. The van der Waals surface area contributed by atoms with E-state index >= 15 is 0 Å². The van der Waals surface area contributed by atoms with Gasteiger partial charge in [-0.15, -0.1) is 0 Å². The smallest absolute Gasteiger partial charge is 0.394 e. The zero-order valence-electron chi connectivity index (χ0n) is 14.7. The van der Waals surface area contributed by atoms with Crippen LogP contribution >= 0.6 is 23.5 Å². The number of phosphoric ester groups is 1. The van der Waals surface area contributed by atoms with Crippen molar-refractivity contribution in [3.8, 4) is 0 Å². The zero-order valence-corrected chi connectivity index (χ0v) is 17.4. The minimum atomic E-state index is -5.84. The molecule has 2 rings (SSSR count). The molecule has 20 heteroatoms. The van der Waals surface area contributed by atoms with Gasteiger partial charge in [0.2, 0.25) is 0 Å². The van der Waals surface area contributed by atoms with E-state index in [1.165, 1.54) is 6.92 Å². The SMILES string of the molecule is Cc1cn(C2O[C@H](CO)[C@@H](O)[C@H]2OP(=O)(O)OP(=O)(O)OP(=O)(O)O)c(=O)[nH]c1=O. The number of hydrogen-bond donors (Lipinski definition) is 7. The minimum absolute atomic E-state index is 0.0165. The number of phosphoric acid groups is 3. The van der Waals surface area contributed by atoms with Crippen molar-refractivity contribution in [2.75, 3.05) is 6.61 Å². The summed E-state index contributed by atoms with van der Waals surface area (Å²) in [5.41, 5.74) is -1.88. The van der Waals surface area contributed by atoms with Crippen LogP contribution in [0.25, 0.3) is 0 Å². The lowest BCUT2D eigenvalue weighted by atomic mass is 10.1. The fraction of sp³-hybridized carbons (Fsp3) is 0.600. The van der Waals surface area contributed by atoms with Crippen molar-refractivity contribution in [2.45, 2.75) is 31.5 Å². The number of H-pyrrole nitrogens is 1. The first-order valence-corrected chi connectivity index (χ1v) is 12.2. The Morgan fingerprint density at radius 2 is 1.73 bits per heavy atom. The van der Waals surface area contributed by atoms with Crippen molar-refractivity contribution in [3.63, 3.8) is 0 Å². The summed E-state index contributed by atoms with van der Waals surface area (Å²) in [4.78, 5) is 61.4. The Balaban J connectivity index is 2.36. The Morgan fingerprint density at radius 3 is 2.27 bits per heavy atom. The van der Waals surface area contributed by atoms with E-state index in [2.05, 4.69) is 13.1 Å². The molecule has 172 valence electrons. The van der Waals surface area contributed by atoms with E-state index in [-0.39, 0.29) is 5.56 Å².